The normalized spacial score (nSPS) is 12.5. The van der Waals surface area contributed by atoms with Crippen LogP contribution in [-0.4, -0.2) is 37.9 Å². The number of allylic oxidation sites excluding steroid dienone is 8. The van der Waals surface area contributed by atoms with Gasteiger partial charge in [0.05, 0.1) is 0 Å². The van der Waals surface area contributed by atoms with E-state index in [9.17, 15) is 9.59 Å². The van der Waals surface area contributed by atoms with Crippen molar-refractivity contribution in [3.63, 3.8) is 0 Å². The molecule has 0 saturated heterocycles. The first-order valence-corrected chi connectivity index (χ1v) is 29.2. The summed E-state index contributed by atoms with van der Waals surface area (Å²) in [7, 11) is 0. The molecule has 0 N–H and O–H groups in total. The fourth-order valence-corrected chi connectivity index (χ4v) is 8.50. The van der Waals surface area contributed by atoms with Gasteiger partial charge in [-0.3, -0.25) is 9.59 Å². The van der Waals surface area contributed by atoms with Crippen LogP contribution in [-0.2, 0) is 23.8 Å². The largest absolute Gasteiger partial charge is 0.463 e. The molecule has 0 aromatic heterocycles. The summed E-state index contributed by atoms with van der Waals surface area (Å²) in [5, 5.41) is 0. The molecular formula is C61H112O5. The average molecular weight is 926 g/mol. The third-order valence-electron chi connectivity index (χ3n) is 12.9. The monoisotopic (exact) mass is 925 g/mol. The van der Waals surface area contributed by atoms with Gasteiger partial charge in [-0.1, -0.05) is 262 Å². The summed E-state index contributed by atoms with van der Waals surface area (Å²) in [4.78, 5) is 25.3. The van der Waals surface area contributed by atoms with Crippen LogP contribution in [0, 0.1) is 0 Å². The molecule has 0 radical (unpaired) electrons. The Kier molecular flexibility index (Phi) is 55.3. The molecule has 0 aromatic carbocycles. The molecule has 0 spiro atoms. The third kappa shape index (κ3) is 54.5. The summed E-state index contributed by atoms with van der Waals surface area (Å²) in [5.41, 5.74) is 0. The highest BCUT2D eigenvalue weighted by Crippen LogP contribution is 2.16. The van der Waals surface area contributed by atoms with Crippen molar-refractivity contribution in [3.05, 3.63) is 48.6 Å². The Balaban J connectivity index is 4.24. The highest BCUT2D eigenvalue weighted by molar-refractivity contribution is 5.69. The summed E-state index contributed by atoms with van der Waals surface area (Å²) in [6, 6.07) is 0. The number of hydrogen-bond acceptors (Lipinski definition) is 5. The smallest absolute Gasteiger partial charge is 0.305 e. The highest BCUT2D eigenvalue weighted by Gasteiger charge is 2.16. The van der Waals surface area contributed by atoms with Gasteiger partial charge in [-0.15, -0.1) is 0 Å². The summed E-state index contributed by atoms with van der Waals surface area (Å²) in [6.07, 6.45) is 71.5. The minimum Gasteiger partial charge on any atom is -0.463 e. The Hall–Kier alpha value is -2.14. The summed E-state index contributed by atoms with van der Waals surface area (Å²) in [5.74, 6) is -0.342. The van der Waals surface area contributed by atoms with E-state index in [1.54, 1.807) is 0 Å². The van der Waals surface area contributed by atoms with Gasteiger partial charge in [0.2, 0.25) is 0 Å². The van der Waals surface area contributed by atoms with Crippen LogP contribution in [0.4, 0.5) is 0 Å². The molecule has 0 heterocycles. The van der Waals surface area contributed by atoms with Crippen molar-refractivity contribution in [3.8, 4) is 0 Å². The van der Waals surface area contributed by atoms with E-state index in [0.717, 1.165) is 70.6 Å². The maximum absolute atomic E-state index is 12.7. The molecule has 1 atom stereocenters. The van der Waals surface area contributed by atoms with Gasteiger partial charge in [0.15, 0.2) is 0 Å². The quantitative estimate of drug-likeness (QED) is 0.0345. The van der Waals surface area contributed by atoms with Crippen LogP contribution in [0.15, 0.2) is 48.6 Å². The van der Waals surface area contributed by atoms with E-state index in [-0.39, 0.29) is 25.2 Å². The lowest BCUT2D eigenvalue weighted by molar-refractivity contribution is -0.155. The molecule has 0 bridgehead atoms. The zero-order chi connectivity index (χ0) is 47.7. The number of hydrogen-bond donors (Lipinski definition) is 0. The molecule has 5 nitrogen and oxygen atoms in total. The number of carbonyl (C=O) groups excluding carboxylic acids is 2. The maximum Gasteiger partial charge on any atom is 0.305 e. The molecule has 0 amide bonds. The van der Waals surface area contributed by atoms with Gasteiger partial charge in [-0.2, -0.15) is 0 Å². The highest BCUT2D eigenvalue weighted by atomic mass is 16.6. The van der Waals surface area contributed by atoms with Gasteiger partial charge in [0.25, 0.3) is 0 Å². The molecule has 0 aromatic rings. The van der Waals surface area contributed by atoms with Crippen molar-refractivity contribution < 1.29 is 23.8 Å². The molecule has 386 valence electrons. The Labute approximate surface area is 412 Å². The van der Waals surface area contributed by atoms with Gasteiger partial charge in [0.1, 0.15) is 19.3 Å². The third-order valence-corrected chi connectivity index (χ3v) is 12.9. The minimum atomic E-state index is -0.406. The lowest BCUT2D eigenvalue weighted by atomic mass is 10.0. The van der Waals surface area contributed by atoms with Gasteiger partial charge in [-0.05, 0) is 77.0 Å². The van der Waals surface area contributed by atoms with E-state index < -0.39 is 6.10 Å². The number of ether oxygens (including phenoxy) is 3. The predicted molar refractivity (Wildman–Crippen MR) is 288 cm³/mol. The van der Waals surface area contributed by atoms with Crippen molar-refractivity contribution in [2.45, 2.75) is 309 Å². The molecule has 0 aliphatic carbocycles. The van der Waals surface area contributed by atoms with Crippen LogP contribution < -0.4 is 0 Å². The second kappa shape index (κ2) is 57.2. The second-order valence-corrected chi connectivity index (χ2v) is 19.5. The molecule has 0 rings (SSSR count). The average Bonchev–Trinajstić information content (AvgIpc) is 3.32. The SMILES string of the molecule is CC/C=C\C/C=C\C/C=C\CCCCCCCC(=O)OC[C@H](COC(=O)CCCCCCCCCCC/C=C\CCCCCCCC)OCCCCCCCCCCCCCCCCCC. The molecule has 0 saturated carbocycles. The molecule has 0 aliphatic heterocycles. The van der Waals surface area contributed by atoms with Crippen LogP contribution in [0.1, 0.15) is 303 Å². The maximum atomic E-state index is 12.7. The standard InChI is InChI=1S/C61H112O5/c1-4-7-10-13-16-19-22-25-28-30-31-32-34-37-40-43-46-49-52-55-61(63)66-58-59(64-56-53-50-47-44-41-38-35-29-26-23-20-17-14-11-8-5-2)57-65-60(62)54-51-48-45-42-39-36-33-27-24-21-18-15-12-9-6-3/h9,12,18,21,25,27-28,33,59H,4-8,10-11,13-17,19-20,22-24,26,29-32,34-58H2,1-3H3/b12-9-,21-18-,28-25-,33-27-/t59-/m1/s1. The van der Waals surface area contributed by atoms with E-state index in [2.05, 4.69) is 69.4 Å². The van der Waals surface area contributed by atoms with Crippen molar-refractivity contribution in [1.29, 1.82) is 0 Å². The number of carbonyl (C=O) groups is 2. The van der Waals surface area contributed by atoms with Crippen LogP contribution >= 0.6 is 0 Å². The number of esters is 2. The van der Waals surface area contributed by atoms with Gasteiger partial charge in [0, 0.05) is 19.4 Å². The fourth-order valence-electron chi connectivity index (χ4n) is 8.50. The Bertz CT molecular complexity index is 1090. The van der Waals surface area contributed by atoms with Gasteiger partial charge in [-0.25, -0.2) is 0 Å². The van der Waals surface area contributed by atoms with Crippen molar-refractivity contribution >= 4 is 11.9 Å². The van der Waals surface area contributed by atoms with Crippen LogP contribution in [0.5, 0.6) is 0 Å². The lowest BCUT2D eigenvalue weighted by Gasteiger charge is -2.18. The molecule has 0 unspecified atom stereocenters. The van der Waals surface area contributed by atoms with E-state index in [1.165, 1.54) is 199 Å². The Morgan fingerprint density at radius 1 is 0.333 bits per heavy atom. The first-order chi connectivity index (χ1) is 32.6. The number of unbranched alkanes of at least 4 members (excludes halogenated alkanes) is 35. The fraction of sp³-hybridized carbons (Fsp3) is 0.836. The predicted octanol–water partition coefficient (Wildman–Crippen LogP) is 19.9. The lowest BCUT2D eigenvalue weighted by Crippen LogP contribution is -2.29. The van der Waals surface area contributed by atoms with Crippen LogP contribution in [0.2, 0.25) is 0 Å². The molecule has 66 heavy (non-hydrogen) atoms. The summed E-state index contributed by atoms with van der Waals surface area (Å²) >= 11 is 0. The van der Waals surface area contributed by atoms with E-state index in [1.807, 2.05) is 0 Å². The van der Waals surface area contributed by atoms with Crippen LogP contribution in [0.3, 0.4) is 0 Å². The van der Waals surface area contributed by atoms with E-state index in [4.69, 9.17) is 14.2 Å². The first kappa shape index (κ1) is 63.9. The molecular weight excluding hydrogens is 813 g/mol. The zero-order valence-corrected chi connectivity index (χ0v) is 44.5. The Morgan fingerprint density at radius 3 is 0.985 bits per heavy atom. The topological polar surface area (TPSA) is 61.8 Å². The van der Waals surface area contributed by atoms with E-state index >= 15 is 0 Å². The molecule has 5 heteroatoms. The van der Waals surface area contributed by atoms with Crippen molar-refractivity contribution in [2.24, 2.45) is 0 Å². The summed E-state index contributed by atoms with van der Waals surface area (Å²) < 4.78 is 17.5. The van der Waals surface area contributed by atoms with E-state index in [0.29, 0.717) is 19.4 Å². The molecule has 0 aliphatic rings. The van der Waals surface area contributed by atoms with Gasteiger partial charge < -0.3 is 14.2 Å². The zero-order valence-electron chi connectivity index (χ0n) is 44.5. The minimum absolute atomic E-state index is 0.151. The Morgan fingerprint density at radius 2 is 0.621 bits per heavy atom. The van der Waals surface area contributed by atoms with Crippen molar-refractivity contribution in [2.75, 3.05) is 19.8 Å². The van der Waals surface area contributed by atoms with Crippen molar-refractivity contribution in [1.82, 2.24) is 0 Å². The second-order valence-electron chi connectivity index (χ2n) is 19.5. The summed E-state index contributed by atoms with van der Waals surface area (Å²) in [6.45, 7) is 7.64. The first-order valence-electron chi connectivity index (χ1n) is 29.2. The van der Waals surface area contributed by atoms with Gasteiger partial charge >= 0.3 is 11.9 Å². The van der Waals surface area contributed by atoms with Crippen LogP contribution in [0.25, 0.3) is 0 Å². The number of rotatable bonds is 54. The molecule has 0 fully saturated rings.